The summed E-state index contributed by atoms with van der Waals surface area (Å²) in [5, 5.41) is 39.0. The van der Waals surface area contributed by atoms with Gasteiger partial charge in [-0.3, -0.25) is 0 Å². The second-order valence-corrected chi connectivity index (χ2v) is 10.0. The average Bonchev–Trinajstić information content (AvgIpc) is 2.79. The van der Waals surface area contributed by atoms with E-state index in [0.717, 1.165) is 64.2 Å². The summed E-state index contributed by atoms with van der Waals surface area (Å²) in [5.74, 6) is 0. The van der Waals surface area contributed by atoms with Crippen LogP contribution in [0.25, 0.3) is 0 Å². The molecule has 0 saturated heterocycles. The van der Waals surface area contributed by atoms with Crippen LogP contribution in [0.3, 0.4) is 0 Å². The molecule has 3 atom stereocenters. The van der Waals surface area contributed by atoms with Gasteiger partial charge >= 0.3 is 0 Å². The normalized spacial score (nSPS) is 14.5. The zero-order chi connectivity index (χ0) is 23.7. The molecular weight excluding hydrogens is 400 g/mol. The van der Waals surface area contributed by atoms with Crippen molar-refractivity contribution >= 4 is 0 Å². The quantitative estimate of drug-likeness (QED) is 0.105. The molecule has 0 heterocycles. The van der Waals surface area contributed by atoms with Crippen LogP contribution in [-0.2, 0) is 0 Å². The summed E-state index contributed by atoms with van der Waals surface area (Å²) in [6.45, 7) is 2.52. The van der Waals surface area contributed by atoms with Gasteiger partial charge in [-0.2, -0.15) is 0 Å². The molecule has 0 aliphatic heterocycles. The monoisotopic (exact) mass is 458 g/mol. The highest BCUT2D eigenvalue weighted by Crippen LogP contribution is 2.17. The minimum absolute atomic E-state index is 0.0870. The third-order valence-corrected chi connectivity index (χ3v) is 6.78. The Balaban J connectivity index is 3.35. The van der Waals surface area contributed by atoms with E-state index in [1.165, 1.54) is 77.0 Å². The summed E-state index contributed by atoms with van der Waals surface area (Å²) in [5.41, 5.74) is 0. The van der Waals surface area contributed by atoms with Gasteiger partial charge in [0.2, 0.25) is 0 Å². The second kappa shape index (κ2) is 25.5. The SMILES string of the molecule is CCCCCCC(O)CCCCCCCCCCC(O)C(O)CCCCCCCCCO. The Bertz CT molecular complexity index is 350. The van der Waals surface area contributed by atoms with Gasteiger partial charge in [0.05, 0.1) is 18.3 Å². The Morgan fingerprint density at radius 3 is 1.09 bits per heavy atom. The van der Waals surface area contributed by atoms with Gasteiger partial charge in [0.25, 0.3) is 0 Å². The molecule has 4 N–H and O–H groups in total. The second-order valence-electron chi connectivity index (χ2n) is 10.0. The van der Waals surface area contributed by atoms with Crippen LogP contribution in [-0.4, -0.2) is 45.3 Å². The predicted molar refractivity (Wildman–Crippen MR) is 137 cm³/mol. The van der Waals surface area contributed by atoms with Crippen molar-refractivity contribution in [2.75, 3.05) is 6.61 Å². The minimum atomic E-state index is -0.564. The lowest BCUT2D eigenvalue weighted by atomic mass is 9.99. The van der Waals surface area contributed by atoms with Crippen LogP contribution < -0.4 is 0 Å². The van der Waals surface area contributed by atoms with E-state index in [1.54, 1.807) is 0 Å². The van der Waals surface area contributed by atoms with Gasteiger partial charge in [0.1, 0.15) is 0 Å². The number of aliphatic hydroxyl groups is 4. The molecule has 194 valence electrons. The molecule has 4 nitrogen and oxygen atoms in total. The van der Waals surface area contributed by atoms with Crippen molar-refractivity contribution in [2.45, 2.75) is 173 Å². The van der Waals surface area contributed by atoms with E-state index in [-0.39, 0.29) is 6.10 Å². The summed E-state index contributed by atoms with van der Waals surface area (Å²) < 4.78 is 0. The highest BCUT2D eigenvalue weighted by molar-refractivity contribution is 4.67. The van der Waals surface area contributed by atoms with Gasteiger partial charge in [-0.25, -0.2) is 0 Å². The van der Waals surface area contributed by atoms with Crippen molar-refractivity contribution < 1.29 is 20.4 Å². The van der Waals surface area contributed by atoms with Crippen LogP contribution in [0.2, 0.25) is 0 Å². The van der Waals surface area contributed by atoms with Gasteiger partial charge in [-0.15, -0.1) is 0 Å². The zero-order valence-corrected chi connectivity index (χ0v) is 21.5. The van der Waals surface area contributed by atoms with Crippen molar-refractivity contribution in [3.8, 4) is 0 Å². The lowest BCUT2D eigenvalue weighted by Gasteiger charge is -2.17. The highest BCUT2D eigenvalue weighted by Gasteiger charge is 2.15. The lowest BCUT2D eigenvalue weighted by Crippen LogP contribution is -2.25. The van der Waals surface area contributed by atoms with E-state index < -0.39 is 12.2 Å². The molecule has 0 spiro atoms. The summed E-state index contributed by atoms with van der Waals surface area (Å²) in [6.07, 6.45) is 24.5. The largest absolute Gasteiger partial charge is 0.396 e. The van der Waals surface area contributed by atoms with Gasteiger partial charge in [-0.05, 0) is 32.1 Å². The number of rotatable bonds is 26. The van der Waals surface area contributed by atoms with E-state index in [0.29, 0.717) is 13.0 Å². The maximum absolute atomic E-state index is 10.1. The zero-order valence-electron chi connectivity index (χ0n) is 21.5. The van der Waals surface area contributed by atoms with Gasteiger partial charge in [-0.1, -0.05) is 122 Å². The molecule has 4 heteroatoms. The molecule has 0 fully saturated rings. The van der Waals surface area contributed by atoms with Crippen LogP contribution in [0.5, 0.6) is 0 Å². The van der Waals surface area contributed by atoms with E-state index in [1.807, 2.05) is 0 Å². The van der Waals surface area contributed by atoms with Crippen LogP contribution in [0.4, 0.5) is 0 Å². The Morgan fingerprint density at radius 2 is 0.719 bits per heavy atom. The standard InChI is InChI=1S/C28H58O4/c1-2-3-4-16-21-26(30)22-17-12-8-5-6-9-13-18-23-27(31)28(32)24-19-14-10-7-11-15-20-25-29/h26-32H,2-25H2,1H3. The summed E-state index contributed by atoms with van der Waals surface area (Å²) in [6, 6.07) is 0. The Hall–Kier alpha value is -0.160. The van der Waals surface area contributed by atoms with E-state index in [4.69, 9.17) is 5.11 Å². The predicted octanol–water partition coefficient (Wildman–Crippen LogP) is 7.05. The fourth-order valence-electron chi connectivity index (χ4n) is 4.48. The first-order valence-corrected chi connectivity index (χ1v) is 14.3. The molecule has 32 heavy (non-hydrogen) atoms. The smallest absolute Gasteiger partial charge is 0.0799 e. The van der Waals surface area contributed by atoms with Crippen molar-refractivity contribution in [2.24, 2.45) is 0 Å². The molecule has 0 aromatic heterocycles. The van der Waals surface area contributed by atoms with Crippen molar-refractivity contribution in [3.05, 3.63) is 0 Å². The lowest BCUT2D eigenvalue weighted by molar-refractivity contribution is 0.00711. The van der Waals surface area contributed by atoms with E-state index in [2.05, 4.69) is 6.92 Å². The molecular formula is C28H58O4. The number of hydrogen-bond acceptors (Lipinski definition) is 4. The molecule has 0 radical (unpaired) electrons. The molecule has 0 aromatic rings. The Morgan fingerprint density at radius 1 is 0.406 bits per heavy atom. The van der Waals surface area contributed by atoms with E-state index >= 15 is 0 Å². The Labute approximate surface area is 200 Å². The fraction of sp³-hybridized carbons (Fsp3) is 1.00. The first-order chi connectivity index (χ1) is 15.6. The van der Waals surface area contributed by atoms with Crippen molar-refractivity contribution in [3.63, 3.8) is 0 Å². The van der Waals surface area contributed by atoms with Crippen LogP contribution in [0.15, 0.2) is 0 Å². The third-order valence-electron chi connectivity index (χ3n) is 6.78. The van der Waals surface area contributed by atoms with Crippen molar-refractivity contribution in [1.82, 2.24) is 0 Å². The topological polar surface area (TPSA) is 80.9 Å². The molecule has 0 aliphatic rings. The molecule has 0 saturated carbocycles. The number of unbranched alkanes of at least 4 members (excludes halogenated alkanes) is 16. The van der Waals surface area contributed by atoms with E-state index in [9.17, 15) is 15.3 Å². The first-order valence-electron chi connectivity index (χ1n) is 14.3. The van der Waals surface area contributed by atoms with Gasteiger partial charge in [0.15, 0.2) is 0 Å². The van der Waals surface area contributed by atoms with Crippen LogP contribution in [0, 0.1) is 0 Å². The van der Waals surface area contributed by atoms with Gasteiger partial charge < -0.3 is 20.4 Å². The molecule has 0 bridgehead atoms. The molecule has 0 amide bonds. The average molecular weight is 459 g/mol. The van der Waals surface area contributed by atoms with Gasteiger partial charge in [0, 0.05) is 6.61 Å². The molecule has 0 rings (SSSR count). The third kappa shape index (κ3) is 23.0. The summed E-state index contributed by atoms with van der Waals surface area (Å²) in [7, 11) is 0. The summed E-state index contributed by atoms with van der Waals surface area (Å²) in [4.78, 5) is 0. The van der Waals surface area contributed by atoms with Crippen LogP contribution >= 0.6 is 0 Å². The van der Waals surface area contributed by atoms with Crippen molar-refractivity contribution in [1.29, 1.82) is 0 Å². The minimum Gasteiger partial charge on any atom is -0.396 e. The maximum atomic E-state index is 10.1. The number of hydrogen-bond donors (Lipinski definition) is 4. The first kappa shape index (κ1) is 31.8. The fourth-order valence-corrected chi connectivity index (χ4v) is 4.48. The Kier molecular flexibility index (Phi) is 25.3. The molecule has 3 unspecified atom stereocenters. The maximum Gasteiger partial charge on any atom is 0.0799 e. The van der Waals surface area contributed by atoms with Crippen LogP contribution in [0.1, 0.15) is 155 Å². The molecule has 0 aromatic carbocycles. The summed E-state index contributed by atoms with van der Waals surface area (Å²) >= 11 is 0. The number of aliphatic hydroxyl groups excluding tert-OH is 4. The highest BCUT2D eigenvalue weighted by atomic mass is 16.3. The molecule has 0 aliphatic carbocycles.